The molecule has 1 aromatic heterocycles. The van der Waals surface area contributed by atoms with E-state index in [0.29, 0.717) is 10.7 Å². The van der Waals surface area contributed by atoms with Crippen molar-refractivity contribution >= 4 is 35.4 Å². The number of carbonyl (C=O) groups excluding carboxylic acids is 1. The van der Waals surface area contributed by atoms with Crippen LogP contribution in [0.15, 0.2) is 34.2 Å². The highest BCUT2D eigenvalue weighted by atomic mass is 35.5. The number of aromatic nitrogens is 2. The van der Waals surface area contributed by atoms with Gasteiger partial charge in [0.25, 0.3) is 5.56 Å². The molecule has 0 saturated heterocycles. The average Bonchev–Trinajstić information content (AvgIpc) is 2.98. The van der Waals surface area contributed by atoms with Crippen molar-refractivity contribution in [1.29, 1.82) is 0 Å². The van der Waals surface area contributed by atoms with Crippen LogP contribution in [0.4, 0.5) is 0 Å². The molecule has 2 heterocycles. The molecule has 2 N–H and O–H groups in total. The minimum Gasteiger partial charge on any atom is -0.494 e. The molecule has 0 fully saturated rings. The third-order valence-corrected chi connectivity index (χ3v) is 4.70. The average molecular weight is 379 g/mol. The number of amides is 1. The summed E-state index contributed by atoms with van der Waals surface area (Å²) in [6, 6.07) is 6.68. The monoisotopic (exact) mass is 378 g/mol. The fourth-order valence-electron chi connectivity index (χ4n) is 2.77. The Labute approximate surface area is 153 Å². The van der Waals surface area contributed by atoms with Gasteiger partial charge in [0.2, 0.25) is 11.8 Å². The molecular formula is C16H15ClN4O3S. The minimum atomic E-state index is -0.542. The van der Waals surface area contributed by atoms with Crippen molar-refractivity contribution in [3.63, 3.8) is 0 Å². The van der Waals surface area contributed by atoms with Crippen LogP contribution >= 0.6 is 23.8 Å². The van der Waals surface area contributed by atoms with Crippen molar-refractivity contribution < 1.29 is 9.90 Å². The lowest BCUT2D eigenvalue weighted by Crippen LogP contribution is -2.24. The fourth-order valence-corrected chi connectivity index (χ4v) is 3.07. The smallest absolute Gasteiger partial charge is 0.264 e. The maximum Gasteiger partial charge on any atom is 0.264 e. The normalized spacial score (nSPS) is 16.8. The second-order valence-corrected chi connectivity index (χ2v) is 6.52. The van der Waals surface area contributed by atoms with Crippen molar-refractivity contribution in [2.24, 2.45) is 12.1 Å². The van der Waals surface area contributed by atoms with Gasteiger partial charge < -0.3 is 5.11 Å². The highest BCUT2D eigenvalue weighted by molar-refractivity contribution is 7.71. The number of aromatic hydroxyl groups is 1. The van der Waals surface area contributed by atoms with E-state index in [9.17, 15) is 14.7 Å². The molecule has 130 valence electrons. The predicted octanol–water partition coefficient (Wildman–Crippen LogP) is 2.50. The summed E-state index contributed by atoms with van der Waals surface area (Å²) < 4.78 is 1.38. The van der Waals surface area contributed by atoms with Gasteiger partial charge in [-0.2, -0.15) is 5.10 Å². The van der Waals surface area contributed by atoms with Crippen molar-refractivity contribution in [2.75, 3.05) is 0 Å². The first-order valence-corrected chi connectivity index (χ1v) is 8.23. The van der Waals surface area contributed by atoms with E-state index >= 15 is 0 Å². The first kappa shape index (κ1) is 17.4. The van der Waals surface area contributed by atoms with Gasteiger partial charge in [0.15, 0.2) is 4.77 Å². The molecular weight excluding hydrogens is 364 g/mol. The van der Waals surface area contributed by atoms with Crippen LogP contribution in [0.1, 0.15) is 30.5 Å². The third kappa shape index (κ3) is 3.10. The van der Waals surface area contributed by atoms with E-state index < -0.39 is 5.56 Å². The van der Waals surface area contributed by atoms with Gasteiger partial charge >= 0.3 is 0 Å². The zero-order chi connectivity index (χ0) is 18.3. The molecule has 1 aliphatic heterocycles. The lowest BCUT2D eigenvalue weighted by molar-refractivity contribution is -0.130. The number of hydrogen-bond acceptors (Lipinski definition) is 5. The minimum absolute atomic E-state index is 0.0128. The second kappa shape index (κ2) is 6.45. The SMILES string of the molecule is CC(=O)N1N=C(c2c(O)n(C)c(=S)[nH]c2=O)C[C@H]1c1ccc(Cl)cc1. The molecule has 3 rings (SSSR count). The van der Waals surface area contributed by atoms with Gasteiger partial charge in [-0.15, -0.1) is 0 Å². The van der Waals surface area contributed by atoms with Gasteiger partial charge in [0.1, 0.15) is 5.56 Å². The molecule has 2 aromatic rings. The number of nitrogens with one attached hydrogen (secondary N) is 1. The molecule has 0 aliphatic carbocycles. The zero-order valence-electron chi connectivity index (χ0n) is 13.5. The molecule has 0 spiro atoms. The number of nitrogens with zero attached hydrogens (tertiary/aromatic N) is 3. The van der Waals surface area contributed by atoms with Crippen LogP contribution in [0.5, 0.6) is 5.88 Å². The van der Waals surface area contributed by atoms with E-state index in [1.165, 1.54) is 23.5 Å². The summed E-state index contributed by atoms with van der Waals surface area (Å²) in [7, 11) is 1.53. The van der Waals surface area contributed by atoms with Crippen molar-refractivity contribution in [1.82, 2.24) is 14.6 Å². The topological polar surface area (TPSA) is 90.7 Å². The molecule has 7 nitrogen and oxygen atoms in total. The van der Waals surface area contributed by atoms with Gasteiger partial charge in [-0.05, 0) is 29.9 Å². The quantitative estimate of drug-likeness (QED) is 0.785. The van der Waals surface area contributed by atoms with Gasteiger partial charge in [0.05, 0.1) is 11.8 Å². The number of benzene rings is 1. The molecule has 0 bridgehead atoms. The maximum atomic E-state index is 12.3. The Morgan fingerprint density at radius 1 is 1.40 bits per heavy atom. The van der Waals surface area contributed by atoms with E-state index in [1.807, 2.05) is 0 Å². The fraction of sp³-hybridized carbons (Fsp3) is 0.250. The Bertz CT molecular complexity index is 994. The van der Waals surface area contributed by atoms with Crippen LogP contribution in [0.2, 0.25) is 5.02 Å². The molecule has 1 aliphatic rings. The molecule has 1 amide bonds. The van der Waals surface area contributed by atoms with Crippen LogP contribution in [0.25, 0.3) is 0 Å². The maximum absolute atomic E-state index is 12.3. The van der Waals surface area contributed by atoms with Gasteiger partial charge in [-0.3, -0.25) is 19.1 Å². The summed E-state index contributed by atoms with van der Waals surface area (Å²) >= 11 is 10.9. The number of hydrogen-bond donors (Lipinski definition) is 2. The highest BCUT2D eigenvalue weighted by Gasteiger charge is 2.34. The molecule has 1 atom stereocenters. The summed E-state index contributed by atoms with van der Waals surface area (Å²) in [4.78, 5) is 26.7. The van der Waals surface area contributed by atoms with E-state index in [2.05, 4.69) is 10.1 Å². The third-order valence-electron chi connectivity index (χ3n) is 4.07. The summed E-state index contributed by atoms with van der Waals surface area (Å²) in [6.07, 6.45) is 0.286. The van der Waals surface area contributed by atoms with Crippen LogP contribution in [0.3, 0.4) is 0 Å². The highest BCUT2D eigenvalue weighted by Crippen LogP contribution is 2.34. The van der Waals surface area contributed by atoms with E-state index in [0.717, 1.165) is 5.56 Å². The first-order chi connectivity index (χ1) is 11.8. The number of halogens is 1. The second-order valence-electron chi connectivity index (χ2n) is 5.70. The van der Waals surface area contributed by atoms with Crippen molar-refractivity contribution in [2.45, 2.75) is 19.4 Å². The molecule has 0 unspecified atom stereocenters. The predicted molar refractivity (Wildman–Crippen MR) is 96.4 cm³/mol. The van der Waals surface area contributed by atoms with Crippen LogP contribution in [0, 0.1) is 4.77 Å². The van der Waals surface area contributed by atoms with E-state index in [1.54, 1.807) is 24.3 Å². The Morgan fingerprint density at radius 2 is 2.04 bits per heavy atom. The summed E-state index contributed by atoms with van der Waals surface area (Å²) in [5.74, 6) is -0.553. The standard InChI is InChI=1S/C16H15ClN4O3S/c1-8(22)21-12(9-3-5-10(17)6-4-9)7-11(19-21)13-14(23)18-16(25)20(2)15(13)24/h3-6,12,24H,7H2,1-2H3,(H,18,23,25)/t12-/m0/s1. The zero-order valence-corrected chi connectivity index (χ0v) is 15.1. The largest absolute Gasteiger partial charge is 0.494 e. The Morgan fingerprint density at radius 3 is 2.64 bits per heavy atom. The lowest BCUT2D eigenvalue weighted by Gasteiger charge is -2.20. The number of hydrazone groups is 1. The Balaban J connectivity index is 2.08. The Hall–Kier alpha value is -2.45. The molecule has 1 aromatic carbocycles. The van der Waals surface area contributed by atoms with Crippen molar-refractivity contribution in [3.05, 3.63) is 55.5 Å². The number of rotatable bonds is 2. The number of H-pyrrole nitrogens is 1. The van der Waals surface area contributed by atoms with Gasteiger partial charge in [-0.25, -0.2) is 5.01 Å². The summed E-state index contributed by atoms with van der Waals surface area (Å²) in [5.41, 5.74) is 0.622. The van der Waals surface area contributed by atoms with E-state index in [4.69, 9.17) is 23.8 Å². The molecule has 25 heavy (non-hydrogen) atoms. The summed E-state index contributed by atoms with van der Waals surface area (Å²) in [5, 5.41) is 16.5. The van der Waals surface area contributed by atoms with Gasteiger partial charge in [0, 0.05) is 25.4 Å². The number of carbonyl (C=O) groups is 1. The van der Waals surface area contributed by atoms with Crippen LogP contribution in [-0.4, -0.2) is 31.3 Å². The van der Waals surface area contributed by atoms with E-state index in [-0.39, 0.29) is 34.6 Å². The lowest BCUT2D eigenvalue weighted by atomic mass is 9.99. The van der Waals surface area contributed by atoms with Crippen molar-refractivity contribution in [3.8, 4) is 5.88 Å². The Kier molecular flexibility index (Phi) is 4.49. The molecule has 0 radical (unpaired) electrons. The van der Waals surface area contributed by atoms with Crippen LogP contribution < -0.4 is 5.56 Å². The number of aromatic amines is 1. The van der Waals surface area contributed by atoms with Gasteiger partial charge in [-0.1, -0.05) is 23.7 Å². The van der Waals surface area contributed by atoms with Crippen LogP contribution in [-0.2, 0) is 11.8 Å². The molecule has 9 heteroatoms. The summed E-state index contributed by atoms with van der Waals surface area (Å²) in [6.45, 7) is 1.39. The molecule has 0 saturated carbocycles. The first-order valence-electron chi connectivity index (χ1n) is 7.45.